The van der Waals surface area contributed by atoms with Crippen LogP contribution in [0.1, 0.15) is 30.9 Å². The number of guanidine groups is 1. The van der Waals surface area contributed by atoms with Gasteiger partial charge in [-0.05, 0) is 50.0 Å². The Kier molecular flexibility index (Phi) is 8.85. The molecule has 26 heavy (non-hydrogen) atoms. The second-order valence-electron chi connectivity index (χ2n) is 6.92. The van der Waals surface area contributed by atoms with Crippen molar-refractivity contribution in [2.24, 2.45) is 4.99 Å². The smallest absolute Gasteiger partial charge is 0.191 e. The number of unbranched alkanes of at least 4 members (excludes halogenated alkanes) is 1. The molecule has 1 aliphatic heterocycles. The largest absolute Gasteiger partial charge is 0.356 e. The summed E-state index contributed by atoms with van der Waals surface area (Å²) >= 11 is 0. The van der Waals surface area contributed by atoms with E-state index in [0.717, 1.165) is 24.5 Å². The van der Waals surface area contributed by atoms with E-state index in [-0.39, 0.29) is 5.82 Å². The van der Waals surface area contributed by atoms with Crippen LogP contribution in [0, 0.1) is 12.7 Å². The molecule has 0 aromatic heterocycles. The van der Waals surface area contributed by atoms with Crippen molar-refractivity contribution in [2.75, 3.05) is 52.9 Å². The normalized spacial score (nSPS) is 16.7. The first-order valence-corrected chi connectivity index (χ1v) is 9.76. The van der Waals surface area contributed by atoms with Crippen molar-refractivity contribution in [2.45, 2.75) is 33.2 Å². The van der Waals surface area contributed by atoms with Crippen LogP contribution >= 0.6 is 0 Å². The lowest BCUT2D eigenvalue weighted by Crippen LogP contribution is -2.46. The van der Waals surface area contributed by atoms with E-state index < -0.39 is 0 Å². The van der Waals surface area contributed by atoms with Crippen LogP contribution in [0.4, 0.5) is 4.39 Å². The highest BCUT2D eigenvalue weighted by atomic mass is 19.1. The van der Waals surface area contributed by atoms with E-state index in [2.05, 4.69) is 32.3 Å². The van der Waals surface area contributed by atoms with Gasteiger partial charge in [-0.15, -0.1) is 0 Å². The highest BCUT2D eigenvalue weighted by Gasteiger charge is 2.14. The van der Waals surface area contributed by atoms with Crippen molar-refractivity contribution in [1.82, 2.24) is 20.4 Å². The Balaban J connectivity index is 1.58. The molecular weight excluding hydrogens is 329 g/mol. The Hall–Kier alpha value is -1.66. The molecule has 0 aliphatic carbocycles. The maximum Gasteiger partial charge on any atom is 0.191 e. The predicted molar refractivity (Wildman–Crippen MR) is 107 cm³/mol. The number of halogens is 1. The van der Waals surface area contributed by atoms with Gasteiger partial charge in [0.2, 0.25) is 0 Å². The molecule has 146 valence electrons. The molecule has 0 radical (unpaired) electrons. The van der Waals surface area contributed by atoms with Crippen LogP contribution in [0.25, 0.3) is 0 Å². The summed E-state index contributed by atoms with van der Waals surface area (Å²) in [6, 6.07) is 5.33. The van der Waals surface area contributed by atoms with Gasteiger partial charge < -0.3 is 20.4 Å². The van der Waals surface area contributed by atoms with E-state index in [1.807, 2.05) is 12.1 Å². The van der Waals surface area contributed by atoms with Gasteiger partial charge in [0.1, 0.15) is 5.82 Å². The monoisotopic (exact) mass is 363 g/mol. The molecule has 2 N–H and O–H groups in total. The molecule has 0 spiro atoms. The number of nitrogens with one attached hydrogen (secondary N) is 2. The fraction of sp³-hybridized carbons (Fsp3) is 0.650. The van der Waals surface area contributed by atoms with Crippen LogP contribution in [0.3, 0.4) is 0 Å². The average Bonchev–Trinajstić information content (AvgIpc) is 2.67. The summed E-state index contributed by atoms with van der Waals surface area (Å²) < 4.78 is 13.6. The lowest BCUT2D eigenvalue weighted by atomic mass is 10.1. The van der Waals surface area contributed by atoms with Gasteiger partial charge in [-0.3, -0.25) is 4.99 Å². The molecule has 2 rings (SSSR count). The standard InChI is InChI=1S/C20H34FN5/c1-4-25-11-13-26(14-12-25)10-6-5-9-23-20(22-3)24-16-18-8-7-17(2)19(21)15-18/h7-8,15H,4-6,9-14,16H2,1-3H3,(H2,22,23,24). The summed E-state index contributed by atoms with van der Waals surface area (Å²) in [7, 11) is 1.76. The van der Waals surface area contributed by atoms with E-state index in [0.29, 0.717) is 12.1 Å². The number of aliphatic imine (C=N–C) groups is 1. The summed E-state index contributed by atoms with van der Waals surface area (Å²) in [5, 5.41) is 6.58. The Labute approximate surface area is 157 Å². The summed E-state index contributed by atoms with van der Waals surface area (Å²) in [4.78, 5) is 9.30. The number of aryl methyl sites for hydroxylation is 1. The molecule has 1 saturated heterocycles. The highest BCUT2D eigenvalue weighted by molar-refractivity contribution is 5.79. The number of hydrogen-bond acceptors (Lipinski definition) is 3. The minimum Gasteiger partial charge on any atom is -0.356 e. The van der Waals surface area contributed by atoms with Gasteiger partial charge in [0.05, 0.1) is 0 Å². The van der Waals surface area contributed by atoms with E-state index >= 15 is 0 Å². The number of nitrogens with zero attached hydrogens (tertiary/aromatic N) is 3. The first kappa shape index (κ1) is 20.6. The molecule has 1 fully saturated rings. The SMILES string of the molecule is CCN1CCN(CCCCNC(=NC)NCc2ccc(C)c(F)c2)CC1. The average molecular weight is 364 g/mol. The van der Waals surface area contributed by atoms with E-state index in [1.165, 1.54) is 45.7 Å². The third-order valence-electron chi connectivity index (χ3n) is 5.03. The zero-order chi connectivity index (χ0) is 18.8. The van der Waals surface area contributed by atoms with Gasteiger partial charge in [-0.1, -0.05) is 19.1 Å². The summed E-state index contributed by atoms with van der Waals surface area (Å²) in [5.74, 6) is 0.606. The first-order valence-electron chi connectivity index (χ1n) is 9.76. The topological polar surface area (TPSA) is 42.9 Å². The Morgan fingerprint density at radius 1 is 1.12 bits per heavy atom. The zero-order valence-corrected chi connectivity index (χ0v) is 16.5. The van der Waals surface area contributed by atoms with Gasteiger partial charge >= 0.3 is 0 Å². The summed E-state index contributed by atoms with van der Waals surface area (Å²) in [5.41, 5.74) is 1.59. The van der Waals surface area contributed by atoms with Gasteiger partial charge in [-0.25, -0.2) is 4.39 Å². The second-order valence-corrected chi connectivity index (χ2v) is 6.92. The second kappa shape index (κ2) is 11.1. The predicted octanol–water partition coefficient (Wildman–Crippen LogP) is 2.22. The Morgan fingerprint density at radius 3 is 2.50 bits per heavy atom. The van der Waals surface area contributed by atoms with Crippen LogP contribution < -0.4 is 10.6 Å². The maximum absolute atomic E-state index is 13.6. The number of rotatable bonds is 8. The third-order valence-corrected chi connectivity index (χ3v) is 5.03. The molecule has 5 nitrogen and oxygen atoms in total. The number of hydrogen-bond donors (Lipinski definition) is 2. The van der Waals surface area contributed by atoms with Gasteiger partial charge in [-0.2, -0.15) is 0 Å². The van der Waals surface area contributed by atoms with Crippen molar-refractivity contribution < 1.29 is 4.39 Å². The minimum atomic E-state index is -0.160. The third kappa shape index (κ3) is 6.92. The fourth-order valence-corrected chi connectivity index (χ4v) is 3.15. The fourth-order valence-electron chi connectivity index (χ4n) is 3.15. The van der Waals surface area contributed by atoms with Crippen molar-refractivity contribution in [1.29, 1.82) is 0 Å². The quantitative estimate of drug-likeness (QED) is 0.422. The van der Waals surface area contributed by atoms with Crippen molar-refractivity contribution in [3.8, 4) is 0 Å². The van der Waals surface area contributed by atoms with E-state index in [4.69, 9.17) is 0 Å². The number of piperazine rings is 1. The summed E-state index contributed by atoms with van der Waals surface area (Å²) in [6.45, 7) is 12.6. The molecule has 0 saturated carbocycles. The molecule has 1 aromatic rings. The summed E-state index contributed by atoms with van der Waals surface area (Å²) in [6.07, 6.45) is 2.31. The van der Waals surface area contributed by atoms with Crippen LogP contribution in [-0.2, 0) is 6.54 Å². The highest BCUT2D eigenvalue weighted by Crippen LogP contribution is 2.08. The molecule has 6 heteroatoms. The van der Waals surface area contributed by atoms with Crippen LogP contribution in [0.2, 0.25) is 0 Å². The zero-order valence-electron chi connectivity index (χ0n) is 16.5. The molecule has 1 aromatic carbocycles. The lowest BCUT2D eigenvalue weighted by Gasteiger charge is -2.34. The molecule has 0 atom stereocenters. The molecule has 0 amide bonds. The van der Waals surface area contributed by atoms with Crippen molar-refractivity contribution in [3.63, 3.8) is 0 Å². The molecule has 0 bridgehead atoms. The number of benzene rings is 1. The van der Waals surface area contributed by atoms with Gasteiger partial charge in [0.25, 0.3) is 0 Å². The van der Waals surface area contributed by atoms with Gasteiger partial charge in [0.15, 0.2) is 5.96 Å². The lowest BCUT2D eigenvalue weighted by molar-refractivity contribution is 0.136. The number of likely N-dealkylation sites (N-methyl/N-ethyl adjacent to an activating group) is 1. The van der Waals surface area contributed by atoms with E-state index in [1.54, 1.807) is 20.0 Å². The van der Waals surface area contributed by atoms with Gasteiger partial charge in [0, 0.05) is 46.3 Å². The van der Waals surface area contributed by atoms with Crippen LogP contribution in [0.5, 0.6) is 0 Å². The molecule has 0 unspecified atom stereocenters. The van der Waals surface area contributed by atoms with Crippen LogP contribution in [0.15, 0.2) is 23.2 Å². The minimum absolute atomic E-state index is 0.160. The molecule has 1 aliphatic rings. The maximum atomic E-state index is 13.6. The Morgan fingerprint density at radius 2 is 1.85 bits per heavy atom. The van der Waals surface area contributed by atoms with E-state index in [9.17, 15) is 4.39 Å². The Bertz CT molecular complexity index is 567. The first-order chi connectivity index (χ1) is 12.6. The molecular formula is C20H34FN5. The van der Waals surface area contributed by atoms with Crippen LogP contribution in [-0.4, -0.2) is 68.6 Å². The van der Waals surface area contributed by atoms with Crippen molar-refractivity contribution in [3.05, 3.63) is 35.1 Å². The molecule has 1 heterocycles. The van der Waals surface area contributed by atoms with Crippen molar-refractivity contribution >= 4 is 5.96 Å².